The first kappa shape index (κ1) is 11.6. The second-order valence-corrected chi connectivity index (χ2v) is 5.76. The second kappa shape index (κ2) is 5.00. The number of benzene rings is 1. The van der Waals surface area contributed by atoms with E-state index in [1.807, 2.05) is 0 Å². The fourth-order valence-electron chi connectivity index (χ4n) is 2.13. The zero-order valence-corrected chi connectivity index (χ0v) is 10.9. The van der Waals surface area contributed by atoms with Crippen LogP contribution >= 0.6 is 11.8 Å². The molecule has 1 aromatic rings. The maximum atomic E-state index is 6.15. The van der Waals surface area contributed by atoms with Crippen molar-refractivity contribution in [2.75, 3.05) is 29.5 Å². The summed E-state index contributed by atoms with van der Waals surface area (Å²) >= 11 is 2.09. The third kappa shape index (κ3) is 2.29. The van der Waals surface area contributed by atoms with Crippen molar-refractivity contribution in [3.05, 3.63) is 23.8 Å². The van der Waals surface area contributed by atoms with E-state index < -0.39 is 0 Å². The summed E-state index contributed by atoms with van der Waals surface area (Å²) in [6.07, 6.45) is 1.24. The molecule has 0 saturated carbocycles. The lowest BCUT2D eigenvalue weighted by molar-refractivity contribution is 0.729. The number of hydrogen-bond acceptors (Lipinski definition) is 3. The SMILES string of the molecule is CCC1CN(c2cccc(C)c2N)CCS1. The molecule has 0 amide bonds. The molecule has 0 aromatic heterocycles. The van der Waals surface area contributed by atoms with Gasteiger partial charge in [-0.2, -0.15) is 11.8 Å². The molecular weight excluding hydrogens is 216 g/mol. The minimum Gasteiger partial charge on any atom is -0.397 e. The van der Waals surface area contributed by atoms with Crippen molar-refractivity contribution in [2.24, 2.45) is 0 Å². The highest BCUT2D eigenvalue weighted by Gasteiger charge is 2.20. The molecule has 1 aromatic carbocycles. The Hall–Kier alpha value is -0.830. The summed E-state index contributed by atoms with van der Waals surface area (Å²) in [6.45, 7) is 6.60. The summed E-state index contributed by atoms with van der Waals surface area (Å²) in [5.41, 5.74) is 9.51. The quantitative estimate of drug-likeness (QED) is 0.801. The normalized spacial score (nSPS) is 21.1. The van der Waals surface area contributed by atoms with E-state index in [2.05, 4.69) is 48.7 Å². The Morgan fingerprint density at radius 1 is 1.50 bits per heavy atom. The number of hydrogen-bond donors (Lipinski definition) is 1. The van der Waals surface area contributed by atoms with Crippen LogP contribution in [0.4, 0.5) is 11.4 Å². The first-order valence-electron chi connectivity index (χ1n) is 5.94. The first-order valence-corrected chi connectivity index (χ1v) is 6.99. The molecule has 0 radical (unpaired) electrons. The van der Waals surface area contributed by atoms with Gasteiger partial charge in [-0.1, -0.05) is 19.1 Å². The molecule has 1 aliphatic rings. The number of nitrogen functional groups attached to an aromatic ring is 1. The van der Waals surface area contributed by atoms with Gasteiger partial charge in [-0.05, 0) is 25.0 Å². The van der Waals surface area contributed by atoms with Crippen LogP contribution in [0, 0.1) is 6.92 Å². The van der Waals surface area contributed by atoms with E-state index in [0.717, 1.165) is 24.0 Å². The van der Waals surface area contributed by atoms with Crippen LogP contribution in [0.2, 0.25) is 0 Å². The summed E-state index contributed by atoms with van der Waals surface area (Å²) in [5, 5.41) is 0.758. The van der Waals surface area contributed by atoms with Crippen LogP contribution in [0.1, 0.15) is 18.9 Å². The van der Waals surface area contributed by atoms with Crippen molar-refractivity contribution < 1.29 is 0 Å². The zero-order valence-electron chi connectivity index (χ0n) is 10.1. The van der Waals surface area contributed by atoms with E-state index in [-0.39, 0.29) is 0 Å². The Labute approximate surface area is 102 Å². The molecule has 1 unspecified atom stereocenters. The molecule has 2 rings (SSSR count). The standard InChI is InChI=1S/C13H20N2S/c1-3-11-9-15(7-8-16-11)12-6-4-5-10(2)13(12)14/h4-6,11H,3,7-9,14H2,1-2H3. The average Bonchev–Trinajstić information content (AvgIpc) is 2.33. The van der Waals surface area contributed by atoms with Gasteiger partial charge in [0.05, 0.1) is 11.4 Å². The highest BCUT2D eigenvalue weighted by Crippen LogP contribution is 2.31. The Morgan fingerprint density at radius 2 is 2.31 bits per heavy atom. The van der Waals surface area contributed by atoms with Gasteiger partial charge >= 0.3 is 0 Å². The van der Waals surface area contributed by atoms with Gasteiger partial charge in [-0.15, -0.1) is 0 Å². The van der Waals surface area contributed by atoms with Gasteiger partial charge in [0.1, 0.15) is 0 Å². The molecule has 1 fully saturated rings. The molecule has 3 heteroatoms. The molecule has 0 aliphatic carbocycles. The lowest BCUT2D eigenvalue weighted by atomic mass is 10.1. The van der Waals surface area contributed by atoms with Crippen LogP contribution in [0.5, 0.6) is 0 Å². The fourth-order valence-corrected chi connectivity index (χ4v) is 3.31. The number of rotatable bonds is 2. The Balaban J connectivity index is 2.20. The van der Waals surface area contributed by atoms with Crippen LogP contribution in [-0.2, 0) is 0 Å². The average molecular weight is 236 g/mol. The van der Waals surface area contributed by atoms with Gasteiger partial charge in [0, 0.05) is 24.1 Å². The fraction of sp³-hybridized carbons (Fsp3) is 0.538. The largest absolute Gasteiger partial charge is 0.397 e. The van der Waals surface area contributed by atoms with Crippen molar-refractivity contribution in [3.63, 3.8) is 0 Å². The summed E-state index contributed by atoms with van der Waals surface area (Å²) in [5.74, 6) is 1.21. The van der Waals surface area contributed by atoms with Gasteiger partial charge in [0.2, 0.25) is 0 Å². The molecule has 2 nitrogen and oxygen atoms in total. The van der Waals surface area contributed by atoms with Crippen molar-refractivity contribution >= 4 is 23.1 Å². The number of nitrogens with two attached hydrogens (primary N) is 1. The minimum atomic E-state index is 0.758. The second-order valence-electron chi connectivity index (χ2n) is 4.35. The Bertz CT molecular complexity index is 365. The molecule has 1 aliphatic heterocycles. The first-order chi connectivity index (χ1) is 7.72. The number of thioether (sulfide) groups is 1. The van der Waals surface area contributed by atoms with E-state index in [1.165, 1.54) is 23.4 Å². The molecule has 1 atom stereocenters. The number of anilines is 2. The highest BCUT2D eigenvalue weighted by molar-refractivity contribution is 8.00. The molecule has 1 saturated heterocycles. The lowest BCUT2D eigenvalue weighted by Crippen LogP contribution is -2.38. The maximum Gasteiger partial charge on any atom is 0.0603 e. The van der Waals surface area contributed by atoms with Crippen molar-refractivity contribution in [2.45, 2.75) is 25.5 Å². The summed E-state index contributed by atoms with van der Waals surface area (Å²) < 4.78 is 0. The van der Waals surface area contributed by atoms with E-state index in [9.17, 15) is 0 Å². The maximum absolute atomic E-state index is 6.15. The number of nitrogens with zero attached hydrogens (tertiary/aromatic N) is 1. The zero-order chi connectivity index (χ0) is 11.5. The number of para-hydroxylation sites is 1. The van der Waals surface area contributed by atoms with Crippen LogP contribution in [-0.4, -0.2) is 24.1 Å². The van der Waals surface area contributed by atoms with Gasteiger partial charge in [-0.25, -0.2) is 0 Å². The van der Waals surface area contributed by atoms with Gasteiger partial charge in [0.25, 0.3) is 0 Å². The summed E-state index contributed by atoms with van der Waals surface area (Å²) in [7, 11) is 0. The number of aryl methyl sites for hydroxylation is 1. The van der Waals surface area contributed by atoms with Crippen LogP contribution in [0.15, 0.2) is 18.2 Å². The van der Waals surface area contributed by atoms with E-state index >= 15 is 0 Å². The molecule has 88 valence electrons. The molecule has 0 bridgehead atoms. The predicted octanol–water partition coefficient (Wildman–Crippen LogP) is 2.91. The third-order valence-corrected chi connectivity index (χ3v) is 4.61. The summed E-state index contributed by atoms with van der Waals surface area (Å²) in [6, 6.07) is 6.32. The van der Waals surface area contributed by atoms with E-state index in [0.29, 0.717) is 0 Å². The molecule has 16 heavy (non-hydrogen) atoms. The van der Waals surface area contributed by atoms with Gasteiger partial charge in [-0.3, -0.25) is 0 Å². The molecule has 1 heterocycles. The summed E-state index contributed by atoms with van der Waals surface area (Å²) in [4.78, 5) is 2.44. The lowest BCUT2D eigenvalue weighted by Gasteiger charge is -2.34. The minimum absolute atomic E-state index is 0.758. The van der Waals surface area contributed by atoms with E-state index in [4.69, 9.17) is 5.73 Å². The van der Waals surface area contributed by atoms with Crippen LogP contribution in [0.3, 0.4) is 0 Å². The van der Waals surface area contributed by atoms with Crippen molar-refractivity contribution in [1.29, 1.82) is 0 Å². The molecule has 2 N–H and O–H groups in total. The van der Waals surface area contributed by atoms with E-state index in [1.54, 1.807) is 0 Å². The Morgan fingerprint density at radius 3 is 3.06 bits per heavy atom. The molecule has 0 spiro atoms. The smallest absolute Gasteiger partial charge is 0.0603 e. The molecular formula is C13H20N2S. The monoisotopic (exact) mass is 236 g/mol. The topological polar surface area (TPSA) is 29.3 Å². The predicted molar refractivity (Wildman–Crippen MR) is 74.3 cm³/mol. The highest BCUT2D eigenvalue weighted by atomic mass is 32.2. The third-order valence-electron chi connectivity index (χ3n) is 3.24. The van der Waals surface area contributed by atoms with Crippen LogP contribution in [0.25, 0.3) is 0 Å². The van der Waals surface area contributed by atoms with Gasteiger partial charge < -0.3 is 10.6 Å². The van der Waals surface area contributed by atoms with Crippen LogP contribution < -0.4 is 10.6 Å². The van der Waals surface area contributed by atoms with Gasteiger partial charge in [0.15, 0.2) is 0 Å². The van der Waals surface area contributed by atoms with Crippen molar-refractivity contribution in [1.82, 2.24) is 0 Å². The van der Waals surface area contributed by atoms with Crippen molar-refractivity contribution in [3.8, 4) is 0 Å². The Kier molecular flexibility index (Phi) is 3.64.